The van der Waals surface area contributed by atoms with Crippen molar-refractivity contribution >= 4 is 16.9 Å². The van der Waals surface area contributed by atoms with E-state index in [1.807, 2.05) is 39.8 Å². The molecule has 1 N–H and O–H groups in total. The Bertz CT molecular complexity index is 1310. The maximum atomic E-state index is 13.4. The summed E-state index contributed by atoms with van der Waals surface area (Å²) in [5.41, 5.74) is 2.14. The summed E-state index contributed by atoms with van der Waals surface area (Å²) in [5, 5.41) is 8.33. The zero-order valence-electron chi connectivity index (χ0n) is 20.5. The lowest BCUT2D eigenvalue weighted by atomic mass is 10.1. The molecule has 3 atom stereocenters. The summed E-state index contributed by atoms with van der Waals surface area (Å²) in [7, 11) is 1.59. The number of hydrogen-bond acceptors (Lipinski definition) is 8. The smallest absolute Gasteiger partial charge is 0.241 e. The standard InChI is InChI=1S/C24H28N6O4S/c1-14-12-26-18(13-25-14)16(3)17(4)35(31)29-24-28-27-23(21-11-10-15(2)34-21)30(24)22-19(32-5)8-7-9-20(22)33-6/h7-13,16-17H,1-6H3,(H,28,29). The molecule has 11 heteroatoms. The summed E-state index contributed by atoms with van der Waals surface area (Å²) in [6.45, 7) is 7.58. The van der Waals surface area contributed by atoms with E-state index in [1.165, 1.54) is 0 Å². The Morgan fingerprint density at radius 1 is 1.00 bits per heavy atom. The van der Waals surface area contributed by atoms with Gasteiger partial charge in [-0.2, -0.15) is 0 Å². The van der Waals surface area contributed by atoms with Crippen molar-refractivity contribution in [1.82, 2.24) is 24.7 Å². The molecule has 0 amide bonds. The molecule has 0 aliphatic heterocycles. The lowest BCUT2D eigenvalue weighted by Crippen LogP contribution is -2.25. The third-order valence-electron chi connectivity index (χ3n) is 5.75. The van der Waals surface area contributed by atoms with Gasteiger partial charge in [-0.05, 0) is 45.0 Å². The second-order valence-electron chi connectivity index (χ2n) is 8.08. The van der Waals surface area contributed by atoms with Gasteiger partial charge < -0.3 is 13.9 Å². The van der Waals surface area contributed by atoms with E-state index in [4.69, 9.17) is 13.9 Å². The van der Waals surface area contributed by atoms with E-state index < -0.39 is 11.0 Å². The molecular formula is C24H28N6O4S. The van der Waals surface area contributed by atoms with Crippen molar-refractivity contribution in [2.45, 2.75) is 38.9 Å². The average molecular weight is 497 g/mol. The fourth-order valence-corrected chi connectivity index (χ4v) is 4.58. The SMILES string of the molecule is COc1cccc(OC)c1-n1c(NS(=O)C(C)C(C)c2cnc(C)cn2)nnc1-c1ccc(C)o1. The fourth-order valence-electron chi connectivity index (χ4n) is 3.58. The Balaban J connectivity index is 1.76. The highest BCUT2D eigenvalue weighted by Crippen LogP contribution is 2.38. The van der Waals surface area contributed by atoms with Crippen LogP contribution in [0, 0.1) is 13.8 Å². The molecule has 0 aliphatic carbocycles. The molecule has 0 saturated heterocycles. The number of anilines is 1. The summed E-state index contributed by atoms with van der Waals surface area (Å²) in [6, 6.07) is 9.07. The van der Waals surface area contributed by atoms with Gasteiger partial charge in [0.05, 0.1) is 30.9 Å². The molecule has 0 aliphatic rings. The molecule has 0 bridgehead atoms. The third-order valence-corrected chi connectivity index (χ3v) is 7.22. The monoisotopic (exact) mass is 496 g/mol. The van der Waals surface area contributed by atoms with E-state index in [0.717, 1.165) is 17.1 Å². The molecule has 4 aromatic rings. The van der Waals surface area contributed by atoms with Crippen LogP contribution >= 0.6 is 0 Å². The second kappa shape index (κ2) is 10.3. The Morgan fingerprint density at radius 2 is 1.71 bits per heavy atom. The lowest BCUT2D eigenvalue weighted by molar-refractivity contribution is 0.391. The first-order valence-corrected chi connectivity index (χ1v) is 12.2. The zero-order chi connectivity index (χ0) is 25.1. The van der Waals surface area contributed by atoms with Crippen LogP contribution in [0.1, 0.15) is 36.9 Å². The number of nitrogens with one attached hydrogen (secondary N) is 1. The first-order valence-electron chi connectivity index (χ1n) is 11.0. The summed E-state index contributed by atoms with van der Waals surface area (Å²) in [5.74, 6) is 2.81. The van der Waals surface area contributed by atoms with Crippen molar-refractivity contribution < 1.29 is 18.1 Å². The maximum Gasteiger partial charge on any atom is 0.241 e. The number of aryl methyl sites for hydroxylation is 2. The molecule has 0 spiro atoms. The van der Waals surface area contributed by atoms with Crippen molar-refractivity contribution in [3.8, 4) is 28.8 Å². The number of nitrogens with zero attached hydrogens (tertiary/aromatic N) is 5. The fraction of sp³-hybridized carbons (Fsp3) is 0.333. The number of ether oxygens (including phenoxy) is 2. The highest BCUT2D eigenvalue weighted by Gasteiger charge is 2.28. The van der Waals surface area contributed by atoms with Gasteiger partial charge in [-0.1, -0.05) is 13.0 Å². The number of benzene rings is 1. The van der Waals surface area contributed by atoms with Gasteiger partial charge in [0.2, 0.25) is 11.8 Å². The van der Waals surface area contributed by atoms with Crippen LogP contribution in [0.4, 0.5) is 5.95 Å². The molecule has 1 aromatic carbocycles. The van der Waals surface area contributed by atoms with E-state index in [1.54, 1.807) is 49.4 Å². The van der Waals surface area contributed by atoms with E-state index in [0.29, 0.717) is 28.8 Å². The van der Waals surface area contributed by atoms with Crippen molar-refractivity contribution in [3.63, 3.8) is 0 Å². The molecule has 10 nitrogen and oxygen atoms in total. The van der Waals surface area contributed by atoms with E-state index >= 15 is 0 Å². The first-order chi connectivity index (χ1) is 16.8. The number of rotatable bonds is 9. The molecule has 35 heavy (non-hydrogen) atoms. The van der Waals surface area contributed by atoms with Crippen LogP contribution in [-0.2, 0) is 11.0 Å². The van der Waals surface area contributed by atoms with Crippen molar-refractivity contribution in [2.75, 3.05) is 18.9 Å². The molecule has 3 aromatic heterocycles. The van der Waals surface area contributed by atoms with E-state index in [-0.39, 0.29) is 17.1 Å². The minimum Gasteiger partial charge on any atom is -0.494 e. The molecular weight excluding hydrogens is 468 g/mol. The lowest BCUT2D eigenvalue weighted by Gasteiger charge is -2.20. The topological polar surface area (TPSA) is 117 Å². The number of furan rings is 1. The van der Waals surface area contributed by atoms with Crippen LogP contribution in [0.25, 0.3) is 17.3 Å². The van der Waals surface area contributed by atoms with E-state index in [9.17, 15) is 4.21 Å². The number of para-hydroxylation sites is 1. The largest absolute Gasteiger partial charge is 0.494 e. The highest BCUT2D eigenvalue weighted by molar-refractivity contribution is 7.87. The molecule has 0 radical (unpaired) electrons. The third kappa shape index (κ3) is 4.90. The Hall–Kier alpha value is -3.73. The Morgan fingerprint density at radius 3 is 2.29 bits per heavy atom. The van der Waals surface area contributed by atoms with Crippen LogP contribution in [0.3, 0.4) is 0 Å². The van der Waals surface area contributed by atoms with Crippen molar-refractivity contribution in [3.05, 3.63) is 59.9 Å². The minimum atomic E-state index is -1.54. The number of methoxy groups -OCH3 is 2. The van der Waals surface area contributed by atoms with Crippen LogP contribution < -0.4 is 14.2 Å². The first kappa shape index (κ1) is 24.4. The van der Waals surface area contributed by atoms with Gasteiger partial charge in [0, 0.05) is 18.3 Å². The van der Waals surface area contributed by atoms with Crippen molar-refractivity contribution in [2.24, 2.45) is 0 Å². The van der Waals surface area contributed by atoms with Gasteiger partial charge in [-0.25, -0.2) is 4.21 Å². The summed E-state index contributed by atoms with van der Waals surface area (Å²) in [6.07, 6.45) is 3.42. The predicted octanol–water partition coefficient (Wildman–Crippen LogP) is 4.22. The summed E-state index contributed by atoms with van der Waals surface area (Å²) >= 11 is 0. The normalized spacial score (nSPS) is 13.8. The second-order valence-corrected chi connectivity index (χ2v) is 9.62. The molecule has 4 rings (SSSR count). The van der Waals surface area contributed by atoms with E-state index in [2.05, 4.69) is 24.9 Å². The summed E-state index contributed by atoms with van der Waals surface area (Å²) in [4.78, 5) is 8.75. The molecule has 3 unspecified atom stereocenters. The van der Waals surface area contributed by atoms with Crippen LogP contribution in [0.15, 0.2) is 47.1 Å². The minimum absolute atomic E-state index is 0.124. The van der Waals surface area contributed by atoms with Gasteiger partial charge in [0.25, 0.3) is 0 Å². The van der Waals surface area contributed by atoms with Gasteiger partial charge in [-0.3, -0.25) is 19.3 Å². The van der Waals surface area contributed by atoms with Gasteiger partial charge in [0.1, 0.15) is 33.9 Å². The predicted molar refractivity (Wildman–Crippen MR) is 133 cm³/mol. The van der Waals surface area contributed by atoms with Crippen LogP contribution in [0.5, 0.6) is 11.5 Å². The van der Waals surface area contributed by atoms with Crippen molar-refractivity contribution in [1.29, 1.82) is 0 Å². The van der Waals surface area contributed by atoms with Gasteiger partial charge in [0.15, 0.2) is 5.76 Å². The Labute approximate surface area is 206 Å². The summed E-state index contributed by atoms with van der Waals surface area (Å²) < 4.78 is 35.2. The zero-order valence-corrected chi connectivity index (χ0v) is 21.3. The van der Waals surface area contributed by atoms with Crippen LogP contribution in [0.2, 0.25) is 0 Å². The molecule has 0 fully saturated rings. The highest BCUT2D eigenvalue weighted by atomic mass is 32.2. The molecule has 3 heterocycles. The number of aromatic nitrogens is 5. The Kier molecular flexibility index (Phi) is 7.15. The average Bonchev–Trinajstić information content (AvgIpc) is 3.48. The maximum absolute atomic E-state index is 13.4. The number of hydrogen-bond donors (Lipinski definition) is 1. The van der Waals surface area contributed by atoms with Gasteiger partial charge in [-0.15, -0.1) is 10.2 Å². The quantitative estimate of drug-likeness (QED) is 0.366. The molecule has 0 saturated carbocycles. The molecule has 184 valence electrons. The van der Waals surface area contributed by atoms with Gasteiger partial charge >= 0.3 is 0 Å². The van der Waals surface area contributed by atoms with Crippen LogP contribution in [-0.4, -0.2) is 48.4 Å².